The van der Waals surface area contributed by atoms with Gasteiger partial charge in [0.2, 0.25) is 11.8 Å². The van der Waals surface area contributed by atoms with Crippen molar-refractivity contribution in [1.82, 2.24) is 15.5 Å². The van der Waals surface area contributed by atoms with Crippen LogP contribution in [0, 0.1) is 11.3 Å². The first-order chi connectivity index (χ1) is 16.4. The van der Waals surface area contributed by atoms with E-state index in [0.29, 0.717) is 18.7 Å². The molecule has 1 aromatic carbocycles. The van der Waals surface area contributed by atoms with Gasteiger partial charge in [-0.1, -0.05) is 40.7 Å². The number of rotatable bonds is 8. The highest BCUT2D eigenvalue weighted by Crippen LogP contribution is 2.26. The zero-order valence-electron chi connectivity index (χ0n) is 21.6. The van der Waals surface area contributed by atoms with E-state index in [0.717, 1.165) is 4.90 Å². The third-order valence-electron chi connectivity index (χ3n) is 5.73. The topological polar surface area (TPSA) is 117 Å². The average Bonchev–Trinajstić information content (AvgIpc) is 3.19. The molecule has 0 aliphatic carbocycles. The predicted molar refractivity (Wildman–Crippen MR) is 137 cm³/mol. The van der Waals surface area contributed by atoms with Gasteiger partial charge in [-0.2, -0.15) is 0 Å². The highest BCUT2D eigenvalue weighted by atomic mass is 32.2. The third-order valence-corrected chi connectivity index (χ3v) is 6.46. The number of benzene rings is 1. The van der Waals surface area contributed by atoms with Gasteiger partial charge in [-0.15, -0.1) is 11.8 Å². The molecule has 194 valence electrons. The van der Waals surface area contributed by atoms with Crippen molar-refractivity contribution in [3.8, 4) is 0 Å². The van der Waals surface area contributed by atoms with Crippen LogP contribution in [0.15, 0.2) is 29.2 Å². The van der Waals surface area contributed by atoms with Crippen LogP contribution in [0.25, 0.3) is 0 Å². The molecule has 1 aliphatic rings. The van der Waals surface area contributed by atoms with Crippen LogP contribution >= 0.6 is 11.8 Å². The molecule has 10 heteroatoms. The van der Waals surface area contributed by atoms with Crippen molar-refractivity contribution in [2.75, 3.05) is 25.2 Å². The fraction of sp³-hybridized carbons (Fsp3) is 0.600. The Labute approximate surface area is 212 Å². The minimum Gasteiger partial charge on any atom is -0.467 e. The summed E-state index contributed by atoms with van der Waals surface area (Å²) in [6.07, 6.45) is 2.61. The fourth-order valence-corrected chi connectivity index (χ4v) is 4.46. The molecule has 0 radical (unpaired) electrons. The molecule has 0 bridgehead atoms. The lowest BCUT2D eigenvalue weighted by Crippen LogP contribution is -2.58. The second-order valence-corrected chi connectivity index (χ2v) is 11.1. The number of anilines is 1. The van der Waals surface area contributed by atoms with Crippen LogP contribution in [0.5, 0.6) is 0 Å². The number of methoxy groups -OCH3 is 1. The van der Waals surface area contributed by atoms with Gasteiger partial charge in [0.25, 0.3) is 0 Å². The lowest BCUT2D eigenvalue weighted by atomic mass is 9.91. The Morgan fingerprint density at radius 3 is 2.46 bits per heavy atom. The first kappa shape index (κ1) is 28.5. The summed E-state index contributed by atoms with van der Waals surface area (Å²) in [7, 11) is 1.26. The monoisotopic (exact) mass is 506 g/mol. The number of amides is 4. The van der Waals surface area contributed by atoms with E-state index < -0.39 is 36.0 Å². The summed E-state index contributed by atoms with van der Waals surface area (Å²) in [5, 5.41) is 8.40. The second-order valence-electron chi connectivity index (χ2n) is 10.2. The largest absolute Gasteiger partial charge is 0.467 e. The summed E-state index contributed by atoms with van der Waals surface area (Å²) < 4.78 is 4.84. The number of carbonyl (C=O) groups is 4. The van der Waals surface area contributed by atoms with Gasteiger partial charge < -0.3 is 25.6 Å². The van der Waals surface area contributed by atoms with Gasteiger partial charge in [0.1, 0.15) is 12.1 Å². The highest BCUT2D eigenvalue weighted by Gasteiger charge is 2.44. The Bertz CT molecular complexity index is 931. The van der Waals surface area contributed by atoms with Crippen LogP contribution in [-0.2, 0) is 19.1 Å². The quantitative estimate of drug-likeness (QED) is 0.368. The van der Waals surface area contributed by atoms with Crippen LogP contribution in [0.3, 0.4) is 0 Å². The number of ether oxygens (including phenoxy) is 1. The van der Waals surface area contributed by atoms with Crippen molar-refractivity contribution in [1.29, 1.82) is 0 Å². The van der Waals surface area contributed by atoms with Gasteiger partial charge in [-0.3, -0.25) is 9.59 Å². The summed E-state index contributed by atoms with van der Waals surface area (Å²) in [6.45, 7) is 9.77. The predicted octanol–water partition coefficient (Wildman–Crippen LogP) is 3.25. The molecule has 35 heavy (non-hydrogen) atoms. The molecule has 1 saturated heterocycles. The lowest BCUT2D eigenvalue weighted by molar-refractivity contribution is -0.147. The SMILES string of the molecule is COC(=O)[C@H](NC(=O)[C@H]1[C@@H](NC(=O)Nc2cccc(SC)c2)CCN1C(=O)CC(C)(C)C)C(C)C. The molecular weight excluding hydrogens is 468 g/mol. The van der Waals surface area contributed by atoms with E-state index in [-0.39, 0.29) is 23.7 Å². The molecule has 1 heterocycles. The first-order valence-electron chi connectivity index (χ1n) is 11.8. The molecule has 1 aliphatic heterocycles. The molecule has 0 aromatic heterocycles. The van der Waals surface area contributed by atoms with E-state index in [2.05, 4.69) is 16.0 Å². The van der Waals surface area contributed by atoms with E-state index >= 15 is 0 Å². The van der Waals surface area contributed by atoms with Crippen molar-refractivity contribution in [2.24, 2.45) is 11.3 Å². The number of nitrogens with zero attached hydrogens (tertiary/aromatic N) is 1. The average molecular weight is 507 g/mol. The minimum atomic E-state index is -0.945. The zero-order chi connectivity index (χ0) is 26.3. The standard InChI is InChI=1S/C25H38N4O5S/c1-15(2)20(23(32)34-6)28-22(31)21-18(11-12-29(21)19(30)14-25(3,4)5)27-24(33)26-16-9-8-10-17(13-16)35-7/h8-10,13,15,18,20-21H,11-12,14H2,1-7H3,(H,28,31)(H2,26,27,33)/t18-,20+,21+/m0/s1. The highest BCUT2D eigenvalue weighted by molar-refractivity contribution is 7.98. The number of urea groups is 1. The van der Waals surface area contributed by atoms with Gasteiger partial charge in [-0.25, -0.2) is 9.59 Å². The Morgan fingerprint density at radius 2 is 1.89 bits per heavy atom. The molecule has 0 saturated carbocycles. The van der Waals surface area contributed by atoms with Crippen molar-refractivity contribution >= 4 is 41.3 Å². The van der Waals surface area contributed by atoms with Crippen LogP contribution in [0.1, 0.15) is 47.5 Å². The zero-order valence-corrected chi connectivity index (χ0v) is 22.5. The normalized spacial score (nSPS) is 18.7. The van der Waals surface area contributed by atoms with Crippen molar-refractivity contribution in [3.05, 3.63) is 24.3 Å². The Morgan fingerprint density at radius 1 is 1.20 bits per heavy atom. The Kier molecular flexibility index (Phi) is 10.00. The van der Waals surface area contributed by atoms with Gasteiger partial charge in [0.15, 0.2) is 0 Å². The molecule has 0 unspecified atom stereocenters. The van der Waals surface area contributed by atoms with E-state index in [1.54, 1.807) is 31.7 Å². The molecular formula is C25H38N4O5S. The van der Waals surface area contributed by atoms with Gasteiger partial charge in [0.05, 0.1) is 13.2 Å². The van der Waals surface area contributed by atoms with Crippen molar-refractivity contribution in [2.45, 2.75) is 70.5 Å². The summed E-state index contributed by atoms with van der Waals surface area (Å²) in [6, 6.07) is 4.52. The summed E-state index contributed by atoms with van der Waals surface area (Å²) in [5.41, 5.74) is 0.357. The maximum Gasteiger partial charge on any atom is 0.328 e. The summed E-state index contributed by atoms with van der Waals surface area (Å²) >= 11 is 1.56. The second kappa shape index (κ2) is 12.3. The number of hydrogen-bond acceptors (Lipinski definition) is 6. The third kappa shape index (κ3) is 8.16. The van der Waals surface area contributed by atoms with Gasteiger partial charge >= 0.3 is 12.0 Å². The first-order valence-corrected chi connectivity index (χ1v) is 13.0. The Balaban J connectivity index is 2.23. The van der Waals surface area contributed by atoms with Crippen LogP contribution < -0.4 is 16.0 Å². The molecule has 1 fully saturated rings. The van der Waals surface area contributed by atoms with Gasteiger partial charge in [0, 0.05) is 23.5 Å². The Hall–Kier alpha value is -2.75. The van der Waals surface area contributed by atoms with Crippen LogP contribution in [0.2, 0.25) is 0 Å². The van der Waals surface area contributed by atoms with E-state index in [4.69, 9.17) is 4.74 Å². The number of nitrogens with one attached hydrogen (secondary N) is 3. The molecule has 4 amide bonds. The maximum absolute atomic E-state index is 13.4. The lowest BCUT2D eigenvalue weighted by Gasteiger charge is -2.31. The smallest absolute Gasteiger partial charge is 0.328 e. The molecule has 3 atom stereocenters. The van der Waals surface area contributed by atoms with E-state index in [9.17, 15) is 19.2 Å². The molecule has 9 nitrogen and oxygen atoms in total. The number of likely N-dealkylation sites (tertiary alicyclic amines) is 1. The molecule has 3 N–H and O–H groups in total. The summed E-state index contributed by atoms with van der Waals surface area (Å²) in [4.78, 5) is 54.0. The van der Waals surface area contributed by atoms with Crippen molar-refractivity contribution < 1.29 is 23.9 Å². The molecule has 1 aromatic rings. The number of thioether (sulfide) groups is 1. The van der Waals surface area contributed by atoms with Crippen molar-refractivity contribution in [3.63, 3.8) is 0 Å². The number of carbonyl (C=O) groups excluding carboxylic acids is 4. The summed E-state index contributed by atoms with van der Waals surface area (Å²) in [5.74, 6) is -1.45. The number of esters is 1. The molecule has 0 spiro atoms. The maximum atomic E-state index is 13.4. The van der Waals surface area contributed by atoms with E-state index in [1.165, 1.54) is 12.0 Å². The minimum absolute atomic E-state index is 0.172. The van der Waals surface area contributed by atoms with Gasteiger partial charge in [-0.05, 0) is 42.2 Å². The van der Waals surface area contributed by atoms with Crippen LogP contribution in [0.4, 0.5) is 10.5 Å². The van der Waals surface area contributed by atoms with E-state index in [1.807, 2.05) is 45.2 Å². The number of hydrogen-bond donors (Lipinski definition) is 3. The fourth-order valence-electron chi connectivity index (χ4n) is 4.00. The molecule has 2 rings (SSSR count). The van der Waals surface area contributed by atoms with Crippen LogP contribution in [-0.4, -0.2) is 66.8 Å².